The second-order valence-electron chi connectivity index (χ2n) is 3.49. The zero-order valence-corrected chi connectivity index (χ0v) is 11.1. The van der Waals surface area contributed by atoms with Crippen molar-refractivity contribution in [3.63, 3.8) is 0 Å². The van der Waals surface area contributed by atoms with E-state index >= 15 is 0 Å². The summed E-state index contributed by atoms with van der Waals surface area (Å²) in [5, 5.41) is 6.07. The summed E-state index contributed by atoms with van der Waals surface area (Å²) in [5.41, 5.74) is 2.60. The number of thiophene rings is 1. The summed E-state index contributed by atoms with van der Waals surface area (Å²) in [5.74, 6) is 0. The van der Waals surface area contributed by atoms with E-state index in [0.29, 0.717) is 5.02 Å². The van der Waals surface area contributed by atoms with Crippen LogP contribution in [0.5, 0.6) is 0 Å². The summed E-state index contributed by atoms with van der Waals surface area (Å²) >= 11 is 9.10. The van der Waals surface area contributed by atoms with Crippen molar-refractivity contribution < 1.29 is 0 Å². The predicted octanol–water partition coefficient (Wildman–Crippen LogP) is 4.02. The highest BCUT2D eigenvalue weighted by Gasteiger charge is 2.09. The van der Waals surface area contributed by atoms with Crippen molar-refractivity contribution in [1.82, 2.24) is 8.75 Å². The van der Waals surface area contributed by atoms with Crippen LogP contribution in [0.4, 0.5) is 5.69 Å². The molecule has 2 aromatic heterocycles. The fourth-order valence-corrected chi connectivity index (χ4v) is 2.99. The average Bonchev–Trinajstić information content (AvgIpc) is 2.97. The Hall–Kier alpha value is -1.17. The van der Waals surface area contributed by atoms with Gasteiger partial charge < -0.3 is 5.32 Å². The fourth-order valence-electron chi connectivity index (χ4n) is 1.58. The van der Waals surface area contributed by atoms with Crippen LogP contribution in [0.2, 0.25) is 5.02 Å². The third-order valence-electron chi connectivity index (χ3n) is 2.40. The molecule has 2 heterocycles. The van der Waals surface area contributed by atoms with Gasteiger partial charge in [0.1, 0.15) is 11.0 Å². The standard InChI is InChI=1S/C11H8ClN3S2/c12-8-3-4-9-11(15-17-14-9)10(8)13-6-7-2-1-5-16-7/h1-5,13H,6H2. The summed E-state index contributed by atoms with van der Waals surface area (Å²) < 4.78 is 8.47. The molecule has 17 heavy (non-hydrogen) atoms. The van der Waals surface area contributed by atoms with E-state index in [1.54, 1.807) is 11.3 Å². The largest absolute Gasteiger partial charge is 0.377 e. The highest BCUT2D eigenvalue weighted by Crippen LogP contribution is 2.30. The van der Waals surface area contributed by atoms with Crippen molar-refractivity contribution in [2.75, 3.05) is 5.32 Å². The maximum absolute atomic E-state index is 6.18. The lowest BCUT2D eigenvalue weighted by molar-refractivity contribution is 1.20. The van der Waals surface area contributed by atoms with Gasteiger partial charge in [0.25, 0.3) is 0 Å². The van der Waals surface area contributed by atoms with Crippen LogP contribution in [0.3, 0.4) is 0 Å². The highest BCUT2D eigenvalue weighted by molar-refractivity contribution is 7.09. The molecule has 0 aliphatic carbocycles. The van der Waals surface area contributed by atoms with Crippen molar-refractivity contribution in [1.29, 1.82) is 0 Å². The SMILES string of the molecule is Clc1ccc2nsnc2c1NCc1cccs1. The average molecular weight is 282 g/mol. The first-order valence-corrected chi connectivity index (χ1v) is 7.00. The lowest BCUT2D eigenvalue weighted by Crippen LogP contribution is -1.98. The fraction of sp³-hybridized carbons (Fsp3) is 0.0909. The Balaban J connectivity index is 1.93. The van der Waals surface area contributed by atoms with Gasteiger partial charge in [-0.15, -0.1) is 11.3 Å². The molecule has 0 fully saturated rings. The minimum Gasteiger partial charge on any atom is -0.377 e. The van der Waals surface area contributed by atoms with Crippen molar-refractivity contribution >= 4 is 51.4 Å². The highest BCUT2D eigenvalue weighted by atomic mass is 35.5. The Labute approximate surface area is 111 Å². The van der Waals surface area contributed by atoms with Crippen molar-refractivity contribution in [2.24, 2.45) is 0 Å². The van der Waals surface area contributed by atoms with Gasteiger partial charge in [-0.2, -0.15) is 8.75 Å². The lowest BCUT2D eigenvalue weighted by Gasteiger charge is -2.07. The first kappa shape index (κ1) is 11.0. The van der Waals surface area contributed by atoms with Crippen LogP contribution in [-0.2, 0) is 6.54 Å². The quantitative estimate of drug-likeness (QED) is 0.788. The maximum atomic E-state index is 6.18. The van der Waals surface area contributed by atoms with Crippen LogP contribution < -0.4 is 5.32 Å². The summed E-state index contributed by atoms with van der Waals surface area (Å²) in [7, 11) is 0. The molecule has 0 radical (unpaired) electrons. The molecule has 0 unspecified atom stereocenters. The van der Waals surface area contributed by atoms with Crippen molar-refractivity contribution in [2.45, 2.75) is 6.54 Å². The molecular weight excluding hydrogens is 274 g/mol. The van der Waals surface area contributed by atoms with Gasteiger partial charge >= 0.3 is 0 Å². The predicted molar refractivity (Wildman–Crippen MR) is 74.1 cm³/mol. The van der Waals surface area contributed by atoms with Crippen LogP contribution in [0.25, 0.3) is 11.0 Å². The number of nitrogens with zero attached hydrogens (tertiary/aromatic N) is 2. The van der Waals surface area contributed by atoms with E-state index < -0.39 is 0 Å². The number of hydrogen-bond acceptors (Lipinski definition) is 5. The molecule has 3 nitrogen and oxygen atoms in total. The normalized spacial score (nSPS) is 10.9. The number of nitrogens with one attached hydrogen (secondary N) is 1. The Morgan fingerprint density at radius 2 is 2.18 bits per heavy atom. The summed E-state index contributed by atoms with van der Waals surface area (Å²) in [6.07, 6.45) is 0. The first-order chi connectivity index (χ1) is 8.34. The second kappa shape index (κ2) is 4.60. The maximum Gasteiger partial charge on any atom is 0.129 e. The number of benzene rings is 1. The number of anilines is 1. The van der Waals surface area contributed by atoms with E-state index in [2.05, 4.69) is 25.5 Å². The number of rotatable bonds is 3. The first-order valence-electron chi connectivity index (χ1n) is 5.01. The molecule has 3 rings (SSSR count). The molecule has 0 aliphatic rings. The second-order valence-corrected chi connectivity index (χ2v) is 5.46. The van der Waals surface area contributed by atoms with Gasteiger partial charge in [-0.3, -0.25) is 0 Å². The molecule has 0 bridgehead atoms. The van der Waals surface area contributed by atoms with Crippen LogP contribution in [0.1, 0.15) is 4.88 Å². The van der Waals surface area contributed by atoms with Crippen LogP contribution in [-0.4, -0.2) is 8.75 Å². The van der Waals surface area contributed by atoms with Crippen molar-refractivity contribution in [3.05, 3.63) is 39.5 Å². The molecule has 0 aliphatic heterocycles. The Morgan fingerprint density at radius 1 is 1.24 bits per heavy atom. The van der Waals surface area contributed by atoms with Crippen molar-refractivity contribution in [3.8, 4) is 0 Å². The van der Waals surface area contributed by atoms with E-state index in [-0.39, 0.29) is 0 Å². The van der Waals surface area contributed by atoms with Gasteiger partial charge in [0.15, 0.2) is 0 Å². The molecule has 0 amide bonds. The molecule has 6 heteroatoms. The minimum absolute atomic E-state index is 0.682. The molecule has 0 saturated heterocycles. The zero-order chi connectivity index (χ0) is 11.7. The van der Waals surface area contributed by atoms with E-state index in [1.165, 1.54) is 16.6 Å². The molecule has 0 spiro atoms. The van der Waals surface area contributed by atoms with E-state index in [0.717, 1.165) is 23.3 Å². The van der Waals surface area contributed by atoms with Gasteiger partial charge in [-0.25, -0.2) is 0 Å². The number of fused-ring (bicyclic) bond motifs is 1. The molecule has 86 valence electrons. The van der Waals surface area contributed by atoms with E-state index in [1.807, 2.05) is 18.2 Å². The number of halogens is 1. The monoisotopic (exact) mass is 281 g/mol. The Kier molecular flexibility index (Phi) is 2.96. The van der Waals surface area contributed by atoms with Gasteiger partial charge in [0, 0.05) is 11.4 Å². The Morgan fingerprint density at radius 3 is 3.00 bits per heavy atom. The molecule has 0 atom stereocenters. The van der Waals surface area contributed by atoms with Crippen LogP contribution in [0, 0.1) is 0 Å². The van der Waals surface area contributed by atoms with Gasteiger partial charge in [-0.05, 0) is 23.6 Å². The summed E-state index contributed by atoms with van der Waals surface area (Å²) in [4.78, 5) is 1.27. The van der Waals surface area contributed by atoms with E-state index in [9.17, 15) is 0 Å². The summed E-state index contributed by atoms with van der Waals surface area (Å²) in [6, 6.07) is 7.86. The molecule has 0 saturated carbocycles. The van der Waals surface area contributed by atoms with E-state index in [4.69, 9.17) is 11.6 Å². The van der Waals surface area contributed by atoms with Gasteiger partial charge in [-0.1, -0.05) is 17.7 Å². The summed E-state index contributed by atoms with van der Waals surface area (Å²) in [6.45, 7) is 0.758. The molecule has 1 N–H and O–H groups in total. The van der Waals surface area contributed by atoms with Gasteiger partial charge in [0.05, 0.1) is 22.4 Å². The van der Waals surface area contributed by atoms with Crippen LogP contribution >= 0.6 is 34.7 Å². The smallest absolute Gasteiger partial charge is 0.129 e. The molecule has 1 aromatic carbocycles. The van der Waals surface area contributed by atoms with Crippen LogP contribution in [0.15, 0.2) is 29.6 Å². The number of hydrogen-bond donors (Lipinski definition) is 1. The third kappa shape index (κ3) is 2.13. The minimum atomic E-state index is 0.682. The zero-order valence-electron chi connectivity index (χ0n) is 8.68. The third-order valence-corrected chi connectivity index (χ3v) is 4.13. The Bertz CT molecular complexity index is 633. The lowest BCUT2D eigenvalue weighted by atomic mass is 10.2. The molecular formula is C11H8ClN3S2. The number of aromatic nitrogens is 2. The topological polar surface area (TPSA) is 37.8 Å². The van der Waals surface area contributed by atoms with Gasteiger partial charge in [0.2, 0.25) is 0 Å². The molecule has 3 aromatic rings.